The molecule has 0 heterocycles. The lowest BCUT2D eigenvalue weighted by Crippen LogP contribution is -2.19. The number of aliphatic carboxylic acids is 1. The van der Waals surface area contributed by atoms with Gasteiger partial charge in [0, 0.05) is 37.5 Å². The van der Waals surface area contributed by atoms with Crippen LogP contribution in [0.5, 0.6) is 0 Å². The monoisotopic (exact) mass is 870 g/mol. The molecule has 0 aromatic rings. The van der Waals surface area contributed by atoms with E-state index in [0.717, 1.165) is 57.8 Å². The van der Waals surface area contributed by atoms with Crippen molar-refractivity contribution in [1.29, 1.82) is 0 Å². The minimum absolute atomic E-state index is 0. The largest absolute Gasteiger partial charge is 0.481 e. The lowest BCUT2D eigenvalue weighted by atomic mass is 9.89. The van der Waals surface area contributed by atoms with Gasteiger partial charge in [0.15, 0.2) is 0 Å². The van der Waals surface area contributed by atoms with E-state index < -0.39 is 18.2 Å². The van der Waals surface area contributed by atoms with E-state index in [0.29, 0.717) is 49.4 Å². The molecular weight excluding hydrogens is 797 g/mol. The van der Waals surface area contributed by atoms with Crippen molar-refractivity contribution in [1.82, 2.24) is 0 Å². The van der Waals surface area contributed by atoms with Crippen LogP contribution in [0.3, 0.4) is 0 Å². The van der Waals surface area contributed by atoms with Crippen LogP contribution in [0.1, 0.15) is 118 Å². The molecule has 0 saturated heterocycles. The van der Waals surface area contributed by atoms with Crippen molar-refractivity contribution in [2.24, 2.45) is 47.3 Å². The zero-order chi connectivity index (χ0) is 38.9. The Morgan fingerprint density at radius 1 is 0.719 bits per heavy atom. The van der Waals surface area contributed by atoms with Gasteiger partial charge in [-0.3, -0.25) is 9.59 Å². The highest BCUT2D eigenvalue weighted by atomic mass is 32.1. The Balaban J connectivity index is 0. The molecule has 0 spiro atoms. The van der Waals surface area contributed by atoms with Crippen molar-refractivity contribution in [2.45, 2.75) is 142 Å². The van der Waals surface area contributed by atoms with Crippen LogP contribution < -0.4 is 0 Å². The number of ether oxygens (including phenoxy) is 1. The van der Waals surface area contributed by atoms with E-state index in [2.05, 4.69) is 40.6 Å². The van der Waals surface area contributed by atoms with Crippen LogP contribution in [0.2, 0.25) is 0 Å². The molecule has 4 rings (SSSR count). The van der Waals surface area contributed by atoms with Crippen molar-refractivity contribution in [3.05, 3.63) is 47.6 Å². The molecule has 0 amide bonds. The molecule has 0 aliphatic heterocycles. The Morgan fingerprint density at radius 2 is 1.12 bits per heavy atom. The summed E-state index contributed by atoms with van der Waals surface area (Å²) in [6, 6.07) is 0. The molecular formula is C45H74O8S4. The molecule has 2 unspecified atom stereocenters. The lowest BCUT2D eigenvalue weighted by molar-refractivity contribution is -0.140. The SMILES string of the molecule is CC#CC[C@H](C)[C@H](O)/C=C/[C@H]1[C@H](O)CC2C/C(=C\CCCC(=O)O)C[C@@H]21.CC#CC[C@H](C)[C@H](O)/C=C/[C@H]1[C@H](O)CC2C/C(=C\CCCC(=O)OC)C[C@@H]21.S.S.S.S. The molecule has 12 atom stereocenters. The second kappa shape index (κ2) is 30.3. The summed E-state index contributed by atoms with van der Waals surface area (Å²) in [5.74, 6) is 13.2. The van der Waals surface area contributed by atoms with Gasteiger partial charge in [-0.2, -0.15) is 54.0 Å². The van der Waals surface area contributed by atoms with Gasteiger partial charge < -0.3 is 30.3 Å². The van der Waals surface area contributed by atoms with Gasteiger partial charge in [0.2, 0.25) is 0 Å². The van der Waals surface area contributed by atoms with Crippen molar-refractivity contribution >= 4 is 65.9 Å². The average molecular weight is 871 g/mol. The summed E-state index contributed by atoms with van der Waals surface area (Å²) in [7, 11) is 1.42. The molecule has 4 aliphatic carbocycles. The van der Waals surface area contributed by atoms with Crippen molar-refractivity contribution in [3.8, 4) is 23.7 Å². The second-order valence-corrected chi connectivity index (χ2v) is 15.9. The maximum absolute atomic E-state index is 11.2. The number of hydrogen-bond donors (Lipinski definition) is 5. The summed E-state index contributed by atoms with van der Waals surface area (Å²) in [6.07, 6.45) is 21.5. The Labute approximate surface area is 371 Å². The first-order valence-electron chi connectivity index (χ1n) is 19.9. The first kappa shape index (κ1) is 57.4. The van der Waals surface area contributed by atoms with Crippen LogP contribution in [-0.2, 0) is 14.3 Å². The van der Waals surface area contributed by atoms with Crippen LogP contribution in [0.15, 0.2) is 47.6 Å². The van der Waals surface area contributed by atoms with Crippen molar-refractivity contribution in [2.75, 3.05) is 7.11 Å². The quantitative estimate of drug-likeness (QED) is 0.0462. The fourth-order valence-corrected chi connectivity index (χ4v) is 8.72. The lowest BCUT2D eigenvalue weighted by Gasteiger charge is -2.19. The van der Waals surface area contributed by atoms with E-state index in [1.807, 2.05) is 45.1 Å². The average Bonchev–Trinajstić information content (AvgIpc) is 3.86. The smallest absolute Gasteiger partial charge is 0.305 e. The fourth-order valence-electron chi connectivity index (χ4n) is 8.72. The normalized spacial score (nSPS) is 29.0. The van der Waals surface area contributed by atoms with Crippen molar-refractivity contribution in [3.63, 3.8) is 0 Å². The number of fused-ring (bicyclic) bond motifs is 2. The summed E-state index contributed by atoms with van der Waals surface area (Å²) in [4.78, 5) is 21.8. The third-order valence-corrected chi connectivity index (χ3v) is 11.9. The number of aliphatic hydroxyl groups is 4. The predicted molar refractivity (Wildman–Crippen MR) is 250 cm³/mol. The number of hydrogen-bond acceptors (Lipinski definition) is 7. The summed E-state index contributed by atoms with van der Waals surface area (Å²) >= 11 is 0. The number of allylic oxidation sites excluding steroid dienone is 4. The van der Waals surface area contributed by atoms with Gasteiger partial charge >= 0.3 is 11.9 Å². The molecule has 326 valence electrons. The first-order valence-corrected chi connectivity index (χ1v) is 19.9. The number of esters is 1. The highest BCUT2D eigenvalue weighted by Crippen LogP contribution is 2.51. The maximum Gasteiger partial charge on any atom is 0.305 e. The van der Waals surface area contributed by atoms with Crippen LogP contribution in [0.4, 0.5) is 0 Å². The van der Waals surface area contributed by atoms with E-state index >= 15 is 0 Å². The second-order valence-electron chi connectivity index (χ2n) is 15.9. The zero-order valence-corrected chi connectivity index (χ0v) is 38.8. The van der Waals surface area contributed by atoms with Crippen LogP contribution in [0, 0.1) is 71.0 Å². The zero-order valence-electron chi connectivity index (χ0n) is 34.8. The molecule has 4 saturated carbocycles. The third-order valence-electron chi connectivity index (χ3n) is 11.9. The van der Waals surface area contributed by atoms with Gasteiger partial charge in [0.1, 0.15) is 0 Å². The molecule has 0 bridgehead atoms. The van der Waals surface area contributed by atoms with Crippen LogP contribution >= 0.6 is 54.0 Å². The summed E-state index contributed by atoms with van der Waals surface area (Å²) in [5, 5.41) is 50.1. The maximum atomic E-state index is 11.2. The van der Waals surface area contributed by atoms with Gasteiger partial charge in [0.25, 0.3) is 0 Å². The standard InChI is InChI=1S/C23H34O4.C22H32O4.4H2S/c1-4-5-8-16(2)21(24)12-11-19-20-14-17(13-18(20)15-22(19)25)9-6-7-10-23(26)27-3;1-3-4-7-15(2)20(23)11-10-18-19-13-16(8-5-6-9-22(25)26)12-17(19)14-21(18)24;;;;/h9,11-12,16,18-22,24-25H,6-8,10,13-15H2,1-3H3;8,10-11,15,17-21,23-24H,5-7,9,12-14H2,1-2H3,(H,25,26);4*1H2/b12-11+,17-9+;11-10+,16-8+;;;;/t16-,18?,19+,20-,21+,22+;15-,17?,18+,19-,20+,21+;;;;/m00..../s1. The number of carboxylic acid groups (broad SMARTS) is 1. The summed E-state index contributed by atoms with van der Waals surface area (Å²) < 4.78 is 4.67. The molecule has 57 heavy (non-hydrogen) atoms. The summed E-state index contributed by atoms with van der Waals surface area (Å²) in [6.45, 7) is 7.60. The van der Waals surface area contributed by atoms with Crippen LogP contribution in [-0.4, -0.2) is 69.0 Å². The topological polar surface area (TPSA) is 145 Å². The highest BCUT2D eigenvalue weighted by Gasteiger charge is 2.46. The van der Waals surface area contributed by atoms with E-state index in [1.54, 1.807) is 6.92 Å². The van der Waals surface area contributed by atoms with Gasteiger partial charge in [0.05, 0.1) is 31.5 Å². The Hall–Kier alpha value is -1.74. The molecule has 5 N–H and O–H groups in total. The molecule has 12 heteroatoms. The minimum Gasteiger partial charge on any atom is -0.481 e. The number of methoxy groups -OCH3 is 1. The fraction of sp³-hybridized carbons (Fsp3) is 0.689. The summed E-state index contributed by atoms with van der Waals surface area (Å²) in [5.41, 5.74) is 2.86. The third kappa shape index (κ3) is 19.0. The number of carboxylic acids is 1. The van der Waals surface area contributed by atoms with E-state index in [-0.39, 0.29) is 102 Å². The van der Waals surface area contributed by atoms with Gasteiger partial charge in [-0.05, 0) is 114 Å². The minimum atomic E-state index is -0.738. The molecule has 0 radical (unpaired) electrons. The number of rotatable bonds is 16. The van der Waals surface area contributed by atoms with E-state index in [9.17, 15) is 30.0 Å². The van der Waals surface area contributed by atoms with Crippen molar-refractivity contribution < 1.29 is 39.9 Å². The Bertz CT molecular complexity index is 1440. The molecule has 8 nitrogen and oxygen atoms in total. The predicted octanol–water partition coefficient (Wildman–Crippen LogP) is 7.62. The van der Waals surface area contributed by atoms with Gasteiger partial charge in [-0.1, -0.05) is 61.4 Å². The highest BCUT2D eigenvalue weighted by molar-refractivity contribution is 7.59. The van der Waals surface area contributed by atoms with Crippen LogP contribution in [0.25, 0.3) is 0 Å². The Morgan fingerprint density at radius 3 is 1.49 bits per heavy atom. The molecule has 4 aliphatic rings. The first-order chi connectivity index (χ1) is 25.4. The van der Waals surface area contributed by atoms with E-state index in [1.165, 1.54) is 18.3 Å². The molecule has 0 aromatic carbocycles. The van der Waals surface area contributed by atoms with E-state index in [4.69, 9.17) is 5.11 Å². The Kier molecular flexibility index (Phi) is 30.5. The number of carbonyl (C=O) groups is 2. The molecule has 0 aromatic heterocycles. The number of carbonyl (C=O) groups excluding carboxylic acids is 1. The van der Waals surface area contributed by atoms with Gasteiger partial charge in [-0.15, -0.1) is 23.7 Å². The number of aliphatic hydroxyl groups excluding tert-OH is 4. The van der Waals surface area contributed by atoms with Gasteiger partial charge in [-0.25, -0.2) is 0 Å². The molecule has 4 fully saturated rings. The number of unbranched alkanes of at least 4 members (excludes halogenated alkanes) is 2.